The molecule has 2 aromatic carbocycles. The zero-order valence-electron chi connectivity index (χ0n) is 15.8. The number of nitrogens with one attached hydrogen (secondary N) is 1. The molecule has 1 aliphatic rings. The van der Waals surface area contributed by atoms with Gasteiger partial charge in [-0.1, -0.05) is 24.3 Å². The number of rotatable bonds is 6. The first kappa shape index (κ1) is 20.9. The number of amides is 1. The molecular formula is C20H21FN2O5S. The van der Waals surface area contributed by atoms with Crippen molar-refractivity contribution < 1.29 is 27.1 Å². The number of carbonyl (C=O) groups excluding carboxylic acids is 2. The fourth-order valence-corrected chi connectivity index (χ4v) is 4.98. The summed E-state index contributed by atoms with van der Waals surface area (Å²) in [5.74, 6) is -1.75. The second kappa shape index (κ2) is 8.71. The molecule has 0 spiro atoms. The van der Waals surface area contributed by atoms with Gasteiger partial charge in [0.1, 0.15) is 16.8 Å². The largest absolute Gasteiger partial charge is 0.465 e. The molecule has 0 aromatic heterocycles. The molecule has 0 aliphatic carbocycles. The number of carbonyl (C=O) groups is 2. The van der Waals surface area contributed by atoms with Crippen LogP contribution in [-0.4, -0.2) is 44.3 Å². The average Bonchev–Trinajstić information content (AvgIpc) is 3.23. The maximum absolute atomic E-state index is 14.0. The maximum atomic E-state index is 14.0. The molecule has 2 aromatic rings. The lowest BCUT2D eigenvalue weighted by Gasteiger charge is -2.23. The van der Waals surface area contributed by atoms with Crippen LogP contribution in [0.5, 0.6) is 0 Å². The van der Waals surface area contributed by atoms with Gasteiger partial charge in [0.15, 0.2) is 0 Å². The standard InChI is InChI=1S/C20H21FN2O5S/c1-28-20(25)15-10-8-14(9-11-15)13-22-19(24)17-6-4-12-23(17)29(26,27)18-7-3-2-5-16(18)21/h2-3,5,7-11,17H,4,6,12-13H2,1H3,(H,22,24)/t17-/m0/s1. The van der Waals surface area contributed by atoms with E-state index in [4.69, 9.17) is 0 Å². The van der Waals surface area contributed by atoms with Gasteiger partial charge in [-0.2, -0.15) is 4.31 Å². The van der Waals surface area contributed by atoms with Crippen molar-refractivity contribution in [2.75, 3.05) is 13.7 Å². The molecule has 154 valence electrons. The van der Waals surface area contributed by atoms with Gasteiger partial charge in [0, 0.05) is 13.1 Å². The Morgan fingerprint density at radius 3 is 2.52 bits per heavy atom. The second-order valence-corrected chi connectivity index (χ2v) is 8.47. The van der Waals surface area contributed by atoms with Crippen molar-refractivity contribution in [2.45, 2.75) is 30.3 Å². The van der Waals surface area contributed by atoms with Gasteiger partial charge in [0.25, 0.3) is 0 Å². The smallest absolute Gasteiger partial charge is 0.337 e. The Bertz CT molecular complexity index is 1010. The molecule has 1 aliphatic heterocycles. The highest BCUT2D eigenvalue weighted by atomic mass is 32.2. The molecule has 1 fully saturated rings. The third kappa shape index (κ3) is 4.46. The normalized spacial score (nSPS) is 17.1. The third-order valence-electron chi connectivity index (χ3n) is 4.77. The highest BCUT2D eigenvalue weighted by molar-refractivity contribution is 7.89. The summed E-state index contributed by atoms with van der Waals surface area (Å²) in [5, 5.41) is 2.72. The molecule has 1 atom stereocenters. The predicted octanol–water partition coefficient (Wildman–Crippen LogP) is 2.08. The molecule has 9 heteroatoms. The topological polar surface area (TPSA) is 92.8 Å². The van der Waals surface area contributed by atoms with Gasteiger partial charge in [-0.25, -0.2) is 17.6 Å². The van der Waals surface area contributed by atoms with Crippen molar-refractivity contribution in [3.05, 3.63) is 65.5 Å². The fraction of sp³-hybridized carbons (Fsp3) is 0.300. The van der Waals surface area contributed by atoms with Crippen LogP contribution in [0.2, 0.25) is 0 Å². The van der Waals surface area contributed by atoms with E-state index in [-0.39, 0.29) is 13.1 Å². The minimum absolute atomic E-state index is 0.155. The minimum atomic E-state index is -4.12. The highest BCUT2D eigenvalue weighted by Gasteiger charge is 2.40. The van der Waals surface area contributed by atoms with E-state index in [1.807, 2.05) is 0 Å². The first-order valence-corrected chi connectivity index (χ1v) is 10.5. The van der Waals surface area contributed by atoms with Crippen molar-refractivity contribution in [3.8, 4) is 0 Å². The highest BCUT2D eigenvalue weighted by Crippen LogP contribution is 2.27. The summed E-state index contributed by atoms with van der Waals surface area (Å²) < 4.78 is 45.4. The lowest BCUT2D eigenvalue weighted by atomic mass is 10.1. The molecule has 3 rings (SSSR count). The number of sulfonamides is 1. The van der Waals surface area contributed by atoms with Crippen LogP contribution in [-0.2, 0) is 26.1 Å². The van der Waals surface area contributed by atoms with Crippen LogP contribution in [0.3, 0.4) is 0 Å². The summed E-state index contributed by atoms with van der Waals surface area (Å²) in [7, 11) is -2.83. The van der Waals surface area contributed by atoms with E-state index in [1.165, 1.54) is 25.3 Å². The monoisotopic (exact) mass is 420 g/mol. The molecule has 1 N–H and O–H groups in total. The quantitative estimate of drug-likeness (QED) is 0.723. The Labute approximate surface area is 168 Å². The van der Waals surface area contributed by atoms with Crippen LogP contribution < -0.4 is 5.32 Å². The Kier molecular flexibility index (Phi) is 6.29. The average molecular weight is 420 g/mol. The maximum Gasteiger partial charge on any atom is 0.337 e. The lowest BCUT2D eigenvalue weighted by Crippen LogP contribution is -2.45. The van der Waals surface area contributed by atoms with Gasteiger partial charge in [-0.3, -0.25) is 4.79 Å². The van der Waals surface area contributed by atoms with E-state index in [0.717, 1.165) is 15.9 Å². The number of ether oxygens (including phenoxy) is 1. The molecule has 1 saturated heterocycles. The third-order valence-corrected chi connectivity index (χ3v) is 6.71. The SMILES string of the molecule is COC(=O)c1ccc(CNC(=O)[C@@H]2CCCN2S(=O)(=O)c2ccccc2F)cc1. The van der Waals surface area contributed by atoms with E-state index in [2.05, 4.69) is 10.1 Å². The summed E-state index contributed by atoms with van der Waals surface area (Å²) in [6, 6.07) is 10.7. The van der Waals surface area contributed by atoms with Gasteiger partial charge >= 0.3 is 5.97 Å². The molecule has 7 nitrogen and oxygen atoms in total. The molecule has 1 amide bonds. The first-order chi connectivity index (χ1) is 13.8. The minimum Gasteiger partial charge on any atom is -0.465 e. The summed E-state index contributed by atoms with van der Waals surface area (Å²) in [5.41, 5.74) is 1.13. The van der Waals surface area contributed by atoms with E-state index in [9.17, 15) is 22.4 Å². The van der Waals surface area contributed by atoms with Crippen molar-refractivity contribution in [2.24, 2.45) is 0 Å². The summed E-state index contributed by atoms with van der Waals surface area (Å²) >= 11 is 0. The van der Waals surface area contributed by atoms with Gasteiger partial charge in [-0.05, 0) is 42.7 Å². The van der Waals surface area contributed by atoms with Crippen molar-refractivity contribution in [1.29, 1.82) is 0 Å². The summed E-state index contributed by atoms with van der Waals surface area (Å²) in [6.45, 7) is 0.326. The zero-order chi connectivity index (χ0) is 21.0. The van der Waals surface area contributed by atoms with Gasteiger partial charge in [-0.15, -0.1) is 0 Å². The Balaban J connectivity index is 1.69. The van der Waals surface area contributed by atoms with Crippen LogP contribution in [0, 0.1) is 5.82 Å². The van der Waals surface area contributed by atoms with Crippen LogP contribution in [0.4, 0.5) is 4.39 Å². The fourth-order valence-electron chi connectivity index (χ4n) is 3.25. The Hall–Kier alpha value is -2.78. The number of benzene rings is 2. The van der Waals surface area contributed by atoms with Crippen molar-refractivity contribution in [1.82, 2.24) is 9.62 Å². The van der Waals surface area contributed by atoms with E-state index in [0.29, 0.717) is 18.4 Å². The summed E-state index contributed by atoms with van der Waals surface area (Å²) in [4.78, 5) is 23.7. The van der Waals surface area contributed by atoms with Gasteiger partial charge < -0.3 is 10.1 Å². The second-order valence-electron chi connectivity index (χ2n) is 6.61. The molecule has 0 radical (unpaired) electrons. The van der Waals surface area contributed by atoms with E-state index < -0.39 is 38.7 Å². The van der Waals surface area contributed by atoms with Crippen molar-refractivity contribution >= 4 is 21.9 Å². The molecular weight excluding hydrogens is 399 g/mol. The first-order valence-electron chi connectivity index (χ1n) is 9.06. The van der Waals surface area contributed by atoms with Gasteiger partial charge in [0.2, 0.25) is 15.9 Å². The lowest BCUT2D eigenvalue weighted by molar-refractivity contribution is -0.124. The number of nitrogens with zero attached hydrogens (tertiary/aromatic N) is 1. The van der Waals surface area contributed by atoms with E-state index >= 15 is 0 Å². The number of esters is 1. The molecule has 29 heavy (non-hydrogen) atoms. The number of halogens is 1. The summed E-state index contributed by atoms with van der Waals surface area (Å²) in [6.07, 6.45) is 0.875. The van der Waals surface area contributed by atoms with Crippen LogP contribution in [0.15, 0.2) is 53.4 Å². The number of methoxy groups -OCH3 is 1. The van der Waals surface area contributed by atoms with Crippen LogP contribution >= 0.6 is 0 Å². The van der Waals surface area contributed by atoms with Crippen LogP contribution in [0.1, 0.15) is 28.8 Å². The molecule has 0 bridgehead atoms. The van der Waals surface area contributed by atoms with Crippen LogP contribution in [0.25, 0.3) is 0 Å². The Morgan fingerprint density at radius 1 is 1.17 bits per heavy atom. The van der Waals surface area contributed by atoms with Gasteiger partial charge in [0.05, 0.1) is 12.7 Å². The molecule has 0 saturated carbocycles. The zero-order valence-corrected chi connectivity index (χ0v) is 16.6. The number of hydrogen-bond acceptors (Lipinski definition) is 5. The number of hydrogen-bond donors (Lipinski definition) is 1. The Morgan fingerprint density at radius 2 is 1.86 bits per heavy atom. The van der Waals surface area contributed by atoms with E-state index in [1.54, 1.807) is 24.3 Å². The van der Waals surface area contributed by atoms with Crippen molar-refractivity contribution in [3.63, 3.8) is 0 Å². The molecule has 1 heterocycles. The molecule has 0 unspecified atom stereocenters. The predicted molar refractivity (Wildman–Crippen MR) is 103 cm³/mol.